The minimum absolute atomic E-state index is 0.138. The van der Waals surface area contributed by atoms with Gasteiger partial charge in [0.15, 0.2) is 5.78 Å². The third-order valence-corrected chi connectivity index (χ3v) is 7.34. The van der Waals surface area contributed by atoms with Crippen LogP contribution in [0.2, 0.25) is 0 Å². The first-order chi connectivity index (χ1) is 18.4. The Morgan fingerprint density at radius 2 is 1.42 bits per heavy atom. The van der Waals surface area contributed by atoms with E-state index >= 15 is 0 Å². The fourth-order valence-electron chi connectivity index (χ4n) is 5.33. The van der Waals surface area contributed by atoms with Crippen molar-refractivity contribution in [3.8, 4) is 5.69 Å². The van der Waals surface area contributed by atoms with Crippen LogP contribution in [0, 0.1) is 13.8 Å². The minimum atomic E-state index is -0.708. The molecule has 4 aromatic rings. The maximum atomic E-state index is 13.6. The number of carbonyl (C=O) groups excluding carboxylic acids is 1. The number of aliphatic hydroxyl groups excluding tert-OH is 1. The van der Waals surface area contributed by atoms with Crippen LogP contribution in [0.3, 0.4) is 0 Å². The van der Waals surface area contributed by atoms with Crippen molar-refractivity contribution in [2.45, 2.75) is 26.5 Å². The van der Waals surface area contributed by atoms with Crippen molar-refractivity contribution in [1.82, 2.24) is 14.3 Å². The highest BCUT2D eigenvalue weighted by Gasteiger charge is 2.27. The van der Waals surface area contributed by atoms with Crippen LogP contribution in [0.5, 0.6) is 0 Å². The summed E-state index contributed by atoms with van der Waals surface area (Å²) >= 11 is 0. The lowest BCUT2D eigenvalue weighted by molar-refractivity contribution is 0.0894. The molecule has 1 aliphatic rings. The summed E-state index contributed by atoms with van der Waals surface area (Å²) in [7, 11) is 0. The summed E-state index contributed by atoms with van der Waals surface area (Å²) in [5.74, 6) is -0.307. The Hall–Kier alpha value is -3.94. The normalized spacial score (nSPS) is 15.0. The molecule has 1 aromatic heterocycles. The number of nitrogens with zero attached hydrogens (tertiary/aromatic N) is 4. The van der Waals surface area contributed by atoms with E-state index in [1.165, 1.54) is 15.9 Å². The zero-order chi connectivity index (χ0) is 26.6. The summed E-state index contributed by atoms with van der Waals surface area (Å²) in [6.45, 7) is 8.09. The molecule has 7 nitrogen and oxygen atoms in total. The Morgan fingerprint density at radius 1 is 0.816 bits per heavy atom. The monoisotopic (exact) mass is 510 g/mol. The number of benzene rings is 3. The molecule has 0 bridgehead atoms. The molecule has 0 saturated carbocycles. The molecule has 0 amide bonds. The van der Waals surface area contributed by atoms with Crippen LogP contribution in [-0.2, 0) is 6.54 Å². The second-order valence-electron chi connectivity index (χ2n) is 9.92. The highest BCUT2D eigenvalue weighted by atomic mass is 16.3. The van der Waals surface area contributed by atoms with Crippen LogP contribution in [0.1, 0.15) is 27.2 Å². The van der Waals surface area contributed by atoms with Crippen molar-refractivity contribution in [1.29, 1.82) is 0 Å². The van der Waals surface area contributed by atoms with Crippen molar-refractivity contribution in [2.24, 2.45) is 0 Å². The first kappa shape index (κ1) is 25.7. The number of aromatic nitrogens is 2. The molecule has 3 aromatic carbocycles. The minimum Gasteiger partial charge on any atom is -0.390 e. The highest BCUT2D eigenvalue weighted by Crippen LogP contribution is 2.21. The lowest BCUT2D eigenvalue weighted by Gasteiger charge is -2.37. The number of hydrogen-bond donors (Lipinski definition) is 1. The molecule has 1 atom stereocenters. The lowest BCUT2D eigenvalue weighted by Crippen LogP contribution is -2.49. The van der Waals surface area contributed by atoms with Gasteiger partial charge in [-0.25, -0.2) is 4.68 Å². The van der Waals surface area contributed by atoms with Crippen molar-refractivity contribution < 1.29 is 9.90 Å². The molecule has 0 radical (unpaired) electrons. The summed E-state index contributed by atoms with van der Waals surface area (Å²) in [4.78, 5) is 31.6. The van der Waals surface area contributed by atoms with Gasteiger partial charge in [0, 0.05) is 49.7 Å². The van der Waals surface area contributed by atoms with Gasteiger partial charge in [0.2, 0.25) is 0 Å². The fraction of sp³-hybridized carbons (Fsp3) is 0.290. The average Bonchev–Trinajstić information content (AvgIpc) is 3.18. The van der Waals surface area contributed by atoms with E-state index in [9.17, 15) is 14.7 Å². The number of hydrogen-bond acceptors (Lipinski definition) is 5. The van der Waals surface area contributed by atoms with E-state index in [0.29, 0.717) is 23.5 Å². The zero-order valence-electron chi connectivity index (χ0n) is 22.0. The van der Waals surface area contributed by atoms with Crippen molar-refractivity contribution in [3.05, 3.63) is 118 Å². The quantitative estimate of drug-likeness (QED) is 0.367. The fourth-order valence-corrected chi connectivity index (χ4v) is 5.33. The predicted molar refractivity (Wildman–Crippen MR) is 150 cm³/mol. The SMILES string of the molecule is Cc1ccccc1N1CCN(CC(O)Cn2c(C)c(C(=O)c3ccccc3)c(=O)n2-c2ccccc2)CC1. The van der Waals surface area contributed by atoms with Crippen LogP contribution < -0.4 is 10.5 Å². The van der Waals surface area contributed by atoms with Gasteiger partial charge in [0.25, 0.3) is 5.56 Å². The van der Waals surface area contributed by atoms with Gasteiger partial charge in [0.1, 0.15) is 5.56 Å². The van der Waals surface area contributed by atoms with Gasteiger partial charge in [-0.1, -0.05) is 66.7 Å². The highest BCUT2D eigenvalue weighted by molar-refractivity contribution is 6.09. The maximum absolute atomic E-state index is 13.6. The Morgan fingerprint density at radius 3 is 2.08 bits per heavy atom. The molecule has 2 heterocycles. The maximum Gasteiger partial charge on any atom is 0.282 e. The van der Waals surface area contributed by atoms with Crippen LogP contribution in [0.25, 0.3) is 5.69 Å². The first-order valence-electron chi connectivity index (χ1n) is 13.1. The molecular formula is C31H34N4O3. The largest absolute Gasteiger partial charge is 0.390 e. The van der Waals surface area contributed by atoms with Crippen LogP contribution in [0.15, 0.2) is 89.7 Å². The van der Waals surface area contributed by atoms with E-state index in [4.69, 9.17) is 0 Å². The molecule has 1 aliphatic heterocycles. The standard InChI is InChI=1S/C31H34N4O3/c1-23-11-9-10-16-28(23)33-19-17-32(18-20-33)21-27(36)22-34-24(2)29(30(37)25-12-5-3-6-13-25)31(38)35(34)26-14-7-4-8-15-26/h3-16,27,36H,17-22H2,1-2H3. The van der Waals surface area contributed by atoms with E-state index in [-0.39, 0.29) is 23.5 Å². The molecule has 1 fully saturated rings. The smallest absolute Gasteiger partial charge is 0.282 e. The van der Waals surface area contributed by atoms with E-state index in [1.54, 1.807) is 35.9 Å². The van der Waals surface area contributed by atoms with Gasteiger partial charge in [-0.15, -0.1) is 0 Å². The summed E-state index contributed by atoms with van der Waals surface area (Å²) in [6, 6.07) is 26.6. The Kier molecular flexibility index (Phi) is 7.58. The summed E-state index contributed by atoms with van der Waals surface area (Å²) < 4.78 is 3.27. The van der Waals surface area contributed by atoms with Gasteiger partial charge in [-0.05, 0) is 37.6 Å². The Balaban J connectivity index is 1.36. The molecule has 1 saturated heterocycles. The van der Waals surface area contributed by atoms with E-state index in [2.05, 4.69) is 41.0 Å². The number of ketones is 1. The van der Waals surface area contributed by atoms with Gasteiger partial charge in [0.05, 0.1) is 18.3 Å². The Labute approximate surface area is 223 Å². The van der Waals surface area contributed by atoms with Crippen LogP contribution >= 0.6 is 0 Å². The first-order valence-corrected chi connectivity index (χ1v) is 13.1. The van der Waals surface area contributed by atoms with Gasteiger partial charge in [-0.3, -0.25) is 19.2 Å². The second kappa shape index (κ2) is 11.2. The molecule has 38 heavy (non-hydrogen) atoms. The van der Waals surface area contributed by atoms with Crippen LogP contribution in [0.4, 0.5) is 5.69 Å². The zero-order valence-corrected chi connectivity index (χ0v) is 22.0. The van der Waals surface area contributed by atoms with E-state index < -0.39 is 6.10 Å². The number of aliphatic hydroxyl groups is 1. The third-order valence-electron chi connectivity index (χ3n) is 7.34. The third kappa shape index (κ3) is 5.21. The average molecular weight is 511 g/mol. The Bertz CT molecular complexity index is 1450. The molecule has 0 spiro atoms. The van der Waals surface area contributed by atoms with E-state index in [1.807, 2.05) is 36.4 Å². The predicted octanol–water partition coefficient (Wildman–Crippen LogP) is 3.67. The summed E-state index contributed by atoms with van der Waals surface area (Å²) in [5, 5.41) is 11.2. The molecule has 0 aliphatic carbocycles. The number of β-amino-alcohol motifs (C(OH)–C–C–N with tert-alkyl or cyclic N) is 1. The number of carbonyl (C=O) groups is 1. The van der Waals surface area contributed by atoms with E-state index in [0.717, 1.165) is 26.2 Å². The topological polar surface area (TPSA) is 70.7 Å². The number of piperazine rings is 1. The van der Waals surface area contributed by atoms with Gasteiger partial charge < -0.3 is 10.0 Å². The van der Waals surface area contributed by atoms with Crippen LogP contribution in [-0.4, -0.2) is 64.0 Å². The summed E-state index contributed by atoms with van der Waals surface area (Å²) in [5.41, 5.74) is 3.97. The number of para-hydroxylation sites is 2. The summed E-state index contributed by atoms with van der Waals surface area (Å²) in [6.07, 6.45) is -0.708. The number of rotatable bonds is 8. The molecule has 5 rings (SSSR count). The molecule has 196 valence electrons. The molecule has 1 N–H and O–H groups in total. The van der Waals surface area contributed by atoms with Crippen molar-refractivity contribution >= 4 is 11.5 Å². The van der Waals surface area contributed by atoms with Gasteiger partial charge in [-0.2, -0.15) is 0 Å². The molecule has 1 unspecified atom stereocenters. The van der Waals surface area contributed by atoms with Gasteiger partial charge >= 0.3 is 0 Å². The second-order valence-corrected chi connectivity index (χ2v) is 9.92. The molecular weight excluding hydrogens is 476 g/mol. The lowest BCUT2D eigenvalue weighted by atomic mass is 10.0. The number of aryl methyl sites for hydroxylation is 1. The van der Waals surface area contributed by atoms with Crippen molar-refractivity contribution in [2.75, 3.05) is 37.6 Å². The molecule has 7 heteroatoms. The van der Waals surface area contributed by atoms with Crippen molar-refractivity contribution in [3.63, 3.8) is 0 Å². The number of anilines is 1.